The van der Waals surface area contributed by atoms with Gasteiger partial charge in [0.05, 0.1) is 4.90 Å². The second kappa shape index (κ2) is 11.3. The normalized spacial score (nSPS) is 15.4. The Labute approximate surface area is 211 Å². The lowest BCUT2D eigenvalue weighted by Gasteiger charge is -2.31. The van der Waals surface area contributed by atoms with E-state index in [1.165, 1.54) is 22.5 Å². The molecule has 1 saturated heterocycles. The van der Waals surface area contributed by atoms with Crippen molar-refractivity contribution in [2.24, 2.45) is 0 Å². The van der Waals surface area contributed by atoms with Crippen LogP contribution in [0.4, 0.5) is 35.1 Å². The third-order valence-corrected chi connectivity index (χ3v) is 7.40. The monoisotopic (exact) mass is 540 g/mol. The molecule has 2 N–H and O–H groups in total. The number of sulfonamides is 1. The van der Waals surface area contributed by atoms with Gasteiger partial charge in [0.25, 0.3) is 0 Å². The van der Waals surface area contributed by atoms with E-state index in [2.05, 4.69) is 25.6 Å². The van der Waals surface area contributed by atoms with Gasteiger partial charge in [-0.1, -0.05) is 30.3 Å². The third-order valence-electron chi connectivity index (χ3n) is 5.49. The number of hydrogen-bond donors (Lipinski definition) is 2. The van der Waals surface area contributed by atoms with E-state index in [9.17, 15) is 26.0 Å². The fourth-order valence-corrected chi connectivity index (χ4v) is 5.20. The molecule has 9 nitrogen and oxygen atoms in total. The van der Waals surface area contributed by atoms with Gasteiger partial charge < -0.3 is 15.4 Å². The first-order valence-corrected chi connectivity index (χ1v) is 12.8. The number of ether oxygens (including phenoxy) is 1. The van der Waals surface area contributed by atoms with Crippen LogP contribution >= 0.6 is 0 Å². The SMILES string of the molecule is O=S(=O)(c1ccccc1)N1CCC(Nc2nc(Nc3cccc(CF)c3)nc(OCC(F)(F)F)n2)CC1. The van der Waals surface area contributed by atoms with Crippen LogP contribution in [0, 0.1) is 0 Å². The van der Waals surface area contributed by atoms with Crippen LogP contribution < -0.4 is 15.4 Å². The zero-order chi connectivity index (χ0) is 26.5. The molecule has 0 bridgehead atoms. The number of nitrogens with one attached hydrogen (secondary N) is 2. The number of benzene rings is 2. The van der Waals surface area contributed by atoms with Gasteiger partial charge in [-0.05, 0) is 42.7 Å². The Kier molecular flexibility index (Phi) is 8.07. The molecule has 2 heterocycles. The first-order chi connectivity index (χ1) is 17.6. The Hall–Kier alpha value is -3.52. The highest BCUT2D eigenvalue weighted by Gasteiger charge is 2.31. The fourth-order valence-electron chi connectivity index (χ4n) is 3.71. The minimum atomic E-state index is -4.60. The zero-order valence-corrected chi connectivity index (χ0v) is 20.3. The van der Waals surface area contributed by atoms with Crippen LogP contribution in [0.25, 0.3) is 0 Å². The van der Waals surface area contributed by atoms with Crippen molar-refractivity contribution >= 4 is 27.6 Å². The van der Waals surface area contributed by atoms with Crippen LogP contribution in [0.1, 0.15) is 18.4 Å². The molecular weight excluding hydrogens is 516 g/mol. The number of rotatable bonds is 9. The summed E-state index contributed by atoms with van der Waals surface area (Å²) >= 11 is 0. The highest BCUT2D eigenvalue weighted by molar-refractivity contribution is 7.89. The second-order valence-electron chi connectivity index (χ2n) is 8.26. The maximum absolute atomic E-state index is 13.0. The lowest BCUT2D eigenvalue weighted by atomic mass is 10.1. The molecule has 2 aromatic carbocycles. The van der Waals surface area contributed by atoms with Crippen molar-refractivity contribution in [1.29, 1.82) is 0 Å². The standard InChI is InChI=1S/C23H24F4N6O3S/c24-14-16-5-4-6-18(13-16)29-21-30-20(31-22(32-21)36-15-23(25,26)27)28-17-9-11-33(12-10-17)37(34,35)19-7-2-1-3-8-19/h1-8,13,17H,9-12,14-15H2,(H2,28,29,30,31,32). The minimum Gasteiger partial charge on any atom is -0.454 e. The Balaban J connectivity index is 1.47. The van der Waals surface area contributed by atoms with Gasteiger partial charge in [0, 0.05) is 24.8 Å². The summed E-state index contributed by atoms with van der Waals surface area (Å²) in [5, 5.41) is 5.86. The van der Waals surface area contributed by atoms with E-state index in [0.717, 1.165) is 0 Å². The lowest BCUT2D eigenvalue weighted by Crippen LogP contribution is -2.42. The van der Waals surface area contributed by atoms with E-state index in [1.807, 2.05) is 0 Å². The number of aromatic nitrogens is 3. The Morgan fingerprint density at radius 3 is 2.35 bits per heavy atom. The number of alkyl halides is 4. The molecule has 0 radical (unpaired) electrons. The van der Waals surface area contributed by atoms with Crippen LogP contribution in [-0.4, -0.2) is 59.6 Å². The average Bonchev–Trinajstić information content (AvgIpc) is 2.88. The molecule has 14 heteroatoms. The van der Waals surface area contributed by atoms with E-state index in [0.29, 0.717) is 24.1 Å². The molecule has 4 rings (SSSR count). The predicted molar refractivity (Wildman–Crippen MR) is 128 cm³/mol. The number of hydrogen-bond acceptors (Lipinski definition) is 8. The summed E-state index contributed by atoms with van der Waals surface area (Å²) in [6.07, 6.45) is -3.77. The highest BCUT2D eigenvalue weighted by Crippen LogP contribution is 2.24. The summed E-state index contributed by atoms with van der Waals surface area (Å²) in [5.74, 6) is -0.143. The molecule has 1 fully saturated rings. The summed E-state index contributed by atoms with van der Waals surface area (Å²) in [6.45, 7) is -1.82. The van der Waals surface area contributed by atoms with Crippen LogP contribution in [-0.2, 0) is 16.7 Å². The Bertz CT molecular complexity index is 1300. The molecule has 1 aliphatic rings. The molecule has 0 unspecified atom stereocenters. The minimum absolute atomic E-state index is 0.0410. The van der Waals surface area contributed by atoms with Crippen LogP contribution in [0.5, 0.6) is 6.01 Å². The number of nitrogens with zero attached hydrogens (tertiary/aromatic N) is 4. The van der Waals surface area contributed by atoms with Gasteiger partial charge in [0.2, 0.25) is 21.9 Å². The van der Waals surface area contributed by atoms with Crippen molar-refractivity contribution < 1.29 is 30.7 Å². The van der Waals surface area contributed by atoms with E-state index < -0.39 is 35.5 Å². The van der Waals surface area contributed by atoms with E-state index in [4.69, 9.17) is 4.74 Å². The first kappa shape index (κ1) is 26.5. The third kappa shape index (κ3) is 7.26. The average molecular weight is 541 g/mol. The van der Waals surface area contributed by atoms with Gasteiger partial charge in [-0.15, -0.1) is 0 Å². The molecule has 1 aliphatic heterocycles. The van der Waals surface area contributed by atoms with E-state index >= 15 is 0 Å². The molecule has 198 valence electrons. The lowest BCUT2D eigenvalue weighted by molar-refractivity contribution is -0.154. The van der Waals surface area contributed by atoms with Gasteiger partial charge in [-0.25, -0.2) is 12.8 Å². The van der Waals surface area contributed by atoms with Crippen LogP contribution in [0.15, 0.2) is 59.5 Å². The van der Waals surface area contributed by atoms with Gasteiger partial charge >= 0.3 is 12.2 Å². The van der Waals surface area contributed by atoms with Gasteiger partial charge in [-0.2, -0.15) is 32.4 Å². The second-order valence-corrected chi connectivity index (χ2v) is 10.2. The summed E-state index contributed by atoms with van der Waals surface area (Å²) in [4.78, 5) is 12.2. The summed E-state index contributed by atoms with van der Waals surface area (Å²) in [5.41, 5.74) is 0.816. The highest BCUT2D eigenvalue weighted by atomic mass is 32.2. The van der Waals surface area contributed by atoms with Gasteiger partial charge in [-0.3, -0.25) is 0 Å². The van der Waals surface area contributed by atoms with Gasteiger partial charge in [0.1, 0.15) is 6.67 Å². The summed E-state index contributed by atoms with van der Waals surface area (Å²) < 4.78 is 82.8. The van der Waals surface area contributed by atoms with E-state index in [-0.39, 0.29) is 35.9 Å². The zero-order valence-electron chi connectivity index (χ0n) is 19.4. The Morgan fingerprint density at radius 1 is 0.973 bits per heavy atom. The van der Waals surface area contributed by atoms with Crippen LogP contribution in [0.3, 0.4) is 0 Å². The number of halogens is 4. The smallest absolute Gasteiger partial charge is 0.422 e. The molecule has 0 aliphatic carbocycles. The van der Waals surface area contributed by atoms with Crippen molar-refractivity contribution in [2.75, 3.05) is 30.3 Å². The predicted octanol–water partition coefficient (Wildman–Crippen LogP) is 4.29. The summed E-state index contributed by atoms with van der Waals surface area (Å²) in [6, 6.07) is 13.6. The number of anilines is 3. The molecule has 37 heavy (non-hydrogen) atoms. The molecule has 0 amide bonds. The van der Waals surface area contributed by atoms with Gasteiger partial charge in [0.15, 0.2) is 6.61 Å². The maximum atomic E-state index is 13.0. The summed E-state index contributed by atoms with van der Waals surface area (Å²) in [7, 11) is -3.63. The Morgan fingerprint density at radius 2 is 1.68 bits per heavy atom. The number of piperidine rings is 1. The van der Waals surface area contributed by atoms with Crippen molar-refractivity contribution in [3.63, 3.8) is 0 Å². The van der Waals surface area contributed by atoms with Crippen molar-refractivity contribution in [2.45, 2.75) is 36.6 Å². The first-order valence-electron chi connectivity index (χ1n) is 11.3. The van der Waals surface area contributed by atoms with Crippen molar-refractivity contribution in [1.82, 2.24) is 19.3 Å². The van der Waals surface area contributed by atoms with Crippen molar-refractivity contribution in [3.8, 4) is 6.01 Å². The van der Waals surface area contributed by atoms with Crippen molar-refractivity contribution in [3.05, 3.63) is 60.2 Å². The quantitative estimate of drug-likeness (QED) is 0.387. The van der Waals surface area contributed by atoms with Crippen LogP contribution in [0.2, 0.25) is 0 Å². The molecular formula is C23H24F4N6O3S. The molecule has 0 atom stereocenters. The topological polar surface area (TPSA) is 109 Å². The fraction of sp³-hybridized carbons (Fsp3) is 0.348. The van der Waals surface area contributed by atoms with E-state index in [1.54, 1.807) is 36.4 Å². The molecule has 1 aromatic heterocycles. The maximum Gasteiger partial charge on any atom is 0.422 e. The molecule has 3 aromatic rings. The largest absolute Gasteiger partial charge is 0.454 e. The molecule has 0 saturated carbocycles. The molecule has 0 spiro atoms.